The highest BCUT2D eigenvalue weighted by atomic mass is 14.7. The Morgan fingerprint density at radius 2 is 2.30 bits per heavy atom. The van der Waals surface area contributed by atoms with Gasteiger partial charge in [0.15, 0.2) is 0 Å². The molecular formula is C9H11N. The van der Waals surface area contributed by atoms with Crippen LogP contribution in [-0.2, 0) is 0 Å². The molecule has 0 amide bonds. The van der Waals surface area contributed by atoms with E-state index in [0.29, 0.717) is 5.92 Å². The first kappa shape index (κ1) is 7.04. The van der Waals surface area contributed by atoms with Gasteiger partial charge < -0.3 is 0 Å². The lowest BCUT2D eigenvalue weighted by Gasteiger charge is -2.00. The van der Waals surface area contributed by atoms with Crippen LogP contribution in [0.3, 0.4) is 0 Å². The fraction of sp³-hybridized carbons (Fsp3) is 0.333. The zero-order chi connectivity index (χ0) is 7.40. The van der Waals surface area contributed by atoms with Crippen molar-refractivity contribution in [2.24, 2.45) is 10.9 Å². The van der Waals surface area contributed by atoms with E-state index in [2.05, 4.69) is 24.6 Å². The highest BCUT2D eigenvalue weighted by Crippen LogP contribution is 2.01. The van der Waals surface area contributed by atoms with E-state index in [9.17, 15) is 0 Å². The van der Waals surface area contributed by atoms with E-state index < -0.39 is 0 Å². The van der Waals surface area contributed by atoms with Crippen LogP contribution < -0.4 is 0 Å². The highest BCUT2D eigenvalue weighted by Gasteiger charge is 1.98. The monoisotopic (exact) mass is 133 g/mol. The summed E-state index contributed by atoms with van der Waals surface area (Å²) in [5.41, 5.74) is 4.02. The number of nitrogens with zero attached hydrogens (tertiary/aromatic N) is 1. The molecule has 0 spiro atoms. The maximum Gasteiger partial charge on any atom is 0.0689 e. The number of aliphatic imine (C=N–C) groups is 1. The van der Waals surface area contributed by atoms with Gasteiger partial charge in [-0.2, -0.15) is 0 Å². The first-order chi connectivity index (χ1) is 4.80. The van der Waals surface area contributed by atoms with Gasteiger partial charge in [0, 0.05) is 5.71 Å². The predicted octanol–water partition coefficient (Wildman–Crippen LogP) is 2.32. The molecule has 1 aliphatic rings. The van der Waals surface area contributed by atoms with Crippen molar-refractivity contribution in [1.82, 2.24) is 0 Å². The minimum Gasteiger partial charge on any atom is -0.253 e. The summed E-state index contributed by atoms with van der Waals surface area (Å²) in [4.78, 5) is 4.19. The summed E-state index contributed by atoms with van der Waals surface area (Å²) >= 11 is 0. The van der Waals surface area contributed by atoms with Gasteiger partial charge in [0.25, 0.3) is 0 Å². The molecule has 1 heteroatoms. The molecule has 0 aromatic rings. The predicted molar refractivity (Wildman–Crippen MR) is 44.1 cm³/mol. The van der Waals surface area contributed by atoms with Crippen molar-refractivity contribution >= 4 is 5.71 Å². The number of hydrogen-bond acceptors (Lipinski definition) is 1. The van der Waals surface area contributed by atoms with Gasteiger partial charge in [-0.25, -0.2) is 0 Å². The van der Waals surface area contributed by atoms with Gasteiger partial charge in [0.05, 0.1) is 6.20 Å². The van der Waals surface area contributed by atoms with Crippen molar-refractivity contribution in [2.75, 3.05) is 0 Å². The average molecular weight is 133 g/mol. The first-order valence-corrected chi connectivity index (χ1v) is 3.46. The Hall–Kier alpha value is -1.07. The number of hydrogen-bond donors (Lipinski definition) is 0. The van der Waals surface area contributed by atoms with E-state index >= 15 is 0 Å². The Labute approximate surface area is 61.5 Å². The molecule has 0 unspecified atom stereocenters. The normalized spacial score (nSPS) is 15.7. The largest absolute Gasteiger partial charge is 0.253 e. The van der Waals surface area contributed by atoms with E-state index in [4.69, 9.17) is 0 Å². The van der Waals surface area contributed by atoms with Crippen LogP contribution in [0.15, 0.2) is 35.2 Å². The van der Waals surface area contributed by atoms with Crippen LogP contribution in [0.1, 0.15) is 13.8 Å². The van der Waals surface area contributed by atoms with Crippen LogP contribution in [0, 0.1) is 5.92 Å². The second kappa shape index (κ2) is 3.19. The lowest BCUT2D eigenvalue weighted by Crippen LogP contribution is -2.02. The van der Waals surface area contributed by atoms with Crippen LogP contribution >= 0.6 is 0 Å². The van der Waals surface area contributed by atoms with Crippen LogP contribution in [0.4, 0.5) is 0 Å². The third-order valence-corrected chi connectivity index (χ3v) is 1.34. The van der Waals surface area contributed by atoms with Crippen LogP contribution in [0.5, 0.6) is 0 Å². The molecule has 0 radical (unpaired) electrons. The standard InChI is InChI=1S/C9H11N/c1-8(2)9-6-4-3-5-7-10-9/h3-4,6-8H,1-2H3. The zero-order valence-electron chi connectivity index (χ0n) is 6.33. The third-order valence-electron chi connectivity index (χ3n) is 1.34. The van der Waals surface area contributed by atoms with Gasteiger partial charge in [-0.05, 0) is 18.1 Å². The summed E-state index contributed by atoms with van der Waals surface area (Å²) in [6.07, 6.45) is 7.54. The molecule has 1 aliphatic heterocycles. The minimum absolute atomic E-state index is 0.501. The van der Waals surface area contributed by atoms with Gasteiger partial charge in [-0.3, -0.25) is 4.99 Å². The van der Waals surface area contributed by atoms with Gasteiger partial charge >= 0.3 is 0 Å². The van der Waals surface area contributed by atoms with E-state index in [1.807, 2.05) is 18.2 Å². The average Bonchev–Trinajstić information content (AvgIpc) is 2.12. The smallest absolute Gasteiger partial charge is 0.0689 e. The molecule has 0 aromatic carbocycles. The summed E-state index contributed by atoms with van der Waals surface area (Å²) in [7, 11) is 0. The molecule has 1 nitrogen and oxygen atoms in total. The van der Waals surface area contributed by atoms with Crippen LogP contribution in [0.25, 0.3) is 0 Å². The molecule has 1 rings (SSSR count). The maximum absolute atomic E-state index is 4.19. The van der Waals surface area contributed by atoms with Crippen LogP contribution in [-0.4, -0.2) is 5.71 Å². The molecule has 0 N–H and O–H groups in total. The number of allylic oxidation sites excluding steroid dienone is 3. The fourth-order valence-corrected chi connectivity index (χ4v) is 0.742. The quantitative estimate of drug-likeness (QED) is 0.487. The van der Waals surface area contributed by atoms with E-state index in [1.165, 1.54) is 0 Å². The molecule has 10 heavy (non-hydrogen) atoms. The Morgan fingerprint density at radius 3 is 3.00 bits per heavy atom. The Balaban J connectivity index is 2.81. The third kappa shape index (κ3) is 1.71. The fourth-order valence-electron chi connectivity index (χ4n) is 0.742. The summed E-state index contributed by atoms with van der Waals surface area (Å²) < 4.78 is 0. The van der Waals surface area contributed by atoms with Crippen molar-refractivity contribution in [3.05, 3.63) is 30.2 Å². The van der Waals surface area contributed by atoms with Crippen molar-refractivity contribution < 1.29 is 0 Å². The van der Waals surface area contributed by atoms with E-state index in [0.717, 1.165) is 5.71 Å². The molecular weight excluding hydrogens is 122 g/mol. The van der Waals surface area contributed by atoms with Crippen LogP contribution in [0.2, 0.25) is 0 Å². The van der Waals surface area contributed by atoms with Crippen molar-refractivity contribution in [3.63, 3.8) is 0 Å². The van der Waals surface area contributed by atoms with Gasteiger partial charge in [-0.15, -0.1) is 5.73 Å². The van der Waals surface area contributed by atoms with Gasteiger partial charge in [-0.1, -0.05) is 19.9 Å². The molecule has 0 aromatic heterocycles. The molecule has 52 valence electrons. The Bertz CT molecular complexity index is 225. The van der Waals surface area contributed by atoms with E-state index in [-0.39, 0.29) is 0 Å². The van der Waals surface area contributed by atoms with Crippen molar-refractivity contribution in [1.29, 1.82) is 0 Å². The zero-order valence-corrected chi connectivity index (χ0v) is 6.33. The van der Waals surface area contributed by atoms with Gasteiger partial charge in [0.1, 0.15) is 0 Å². The van der Waals surface area contributed by atoms with Gasteiger partial charge in [0.2, 0.25) is 0 Å². The highest BCUT2D eigenvalue weighted by molar-refractivity contribution is 5.97. The molecule has 0 saturated carbocycles. The molecule has 0 aliphatic carbocycles. The summed E-state index contributed by atoms with van der Waals surface area (Å²) in [6.45, 7) is 4.25. The summed E-state index contributed by atoms with van der Waals surface area (Å²) in [5.74, 6) is 0.501. The SMILES string of the molecule is CC(C)C1=NC=C=CC=C1. The molecule has 0 saturated heterocycles. The number of rotatable bonds is 1. The minimum atomic E-state index is 0.501. The first-order valence-electron chi connectivity index (χ1n) is 3.46. The van der Waals surface area contributed by atoms with Crippen molar-refractivity contribution in [2.45, 2.75) is 13.8 Å². The molecule has 1 heterocycles. The topological polar surface area (TPSA) is 12.4 Å². The lowest BCUT2D eigenvalue weighted by atomic mass is 10.1. The second-order valence-corrected chi connectivity index (χ2v) is 2.53. The molecule has 0 atom stereocenters. The Kier molecular flexibility index (Phi) is 2.24. The molecule has 0 bridgehead atoms. The van der Waals surface area contributed by atoms with E-state index in [1.54, 1.807) is 6.20 Å². The summed E-state index contributed by atoms with van der Waals surface area (Å²) in [5, 5.41) is 0. The Morgan fingerprint density at radius 1 is 1.50 bits per heavy atom. The molecule has 0 fully saturated rings. The summed E-state index contributed by atoms with van der Waals surface area (Å²) in [6, 6.07) is 0. The van der Waals surface area contributed by atoms with Crippen molar-refractivity contribution in [3.8, 4) is 0 Å². The lowest BCUT2D eigenvalue weighted by molar-refractivity contribution is 0.889. The second-order valence-electron chi connectivity index (χ2n) is 2.53. The maximum atomic E-state index is 4.19.